The van der Waals surface area contributed by atoms with Gasteiger partial charge in [-0.15, -0.1) is 12.4 Å². The Morgan fingerprint density at radius 3 is 2.76 bits per heavy atom. The molecule has 0 aromatic heterocycles. The zero-order valence-electron chi connectivity index (χ0n) is 12.7. The number of halogens is 1. The molecule has 0 bridgehead atoms. The summed E-state index contributed by atoms with van der Waals surface area (Å²) in [6, 6.07) is 7.47. The van der Waals surface area contributed by atoms with Crippen LogP contribution in [0.5, 0.6) is 0 Å². The standard InChI is InChI=1S/C15H25N3O2.ClH/c1-3-6-13(16)15(19)18-11-12-7-4-5-8-14(12)17-9-10-20-2;/h4-5,7-8,13,17H,3,6,9-11,16H2,1-2H3,(H,18,19);1H. The fourth-order valence-electron chi connectivity index (χ4n) is 1.89. The molecular weight excluding hydrogens is 290 g/mol. The lowest BCUT2D eigenvalue weighted by Crippen LogP contribution is -2.40. The summed E-state index contributed by atoms with van der Waals surface area (Å²) in [6.45, 7) is 3.87. The van der Waals surface area contributed by atoms with Crippen molar-refractivity contribution in [2.75, 3.05) is 25.6 Å². The number of methoxy groups -OCH3 is 1. The molecule has 1 unspecified atom stereocenters. The van der Waals surface area contributed by atoms with Crippen molar-refractivity contribution in [1.82, 2.24) is 5.32 Å². The number of rotatable bonds is 9. The zero-order valence-corrected chi connectivity index (χ0v) is 13.5. The van der Waals surface area contributed by atoms with E-state index in [4.69, 9.17) is 10.5 Å². The van der Waals surface area contributed by atoms with Crippen LogP contribution in [0, 0.1) is 0 Å². The number of amides is 1. The van der Waals surface area contributed by atoms with Crippen molar-refractivity contribution in [3.05, 3.63) is 29.8 Å². The Balaban J connectivity index is 0.00000400. The van der Waals surface area contributed by atoms with Gasteiger partial charge in [0.05, 0.1) is 12.6 Å². The van der Waals surface area contributed by atoms with Crippen LogP contribution in [-0.4, -0.2) is 32.2 Å². The molecule has 1 aromatic rings. The Morgan fingerprint density at radius 2 is 2.10 bits per heavy atom. The van der Waals surface area contributed by atoms with Gasteiger partial charge in [0.25, 0.3) is 0 Å². The second-order valence-corrected chi connectivity index (χ2v) is 4.69. The third-order valence-electron chi connectivity index (χ3n) is 3.03. The first-order valence-corrected chi connectivity index (χ1v) is 7.03. The van der Waals surface area contributed by atoms with Crippen molar-refractivity contribution in [2.24, 2.45) is 5.73 Å². The molecule has 1 rings (SSSR count). The van der Waals surface area contributed by atoms with Crippen molar-refractivity contribution in [2.45, 2.75) is 32.4 Å². The molecule has 0 spiro atoms. The van der Waals surface area contributed by atoms with E-state index in [0.29, 0.717) is 19.6 Å². The molecule has 0 aliphatic carbocycles. The van der Waals surface area contributed by atoms with Crippen molar-refractivity contribution in [3.8, 4) is 0 Å². The smallest absolute Gasteiger partial charge is 0.237 e. The lowest BCUT2D eigenvalue weighted by atomic mass is 10.1. The first-order valence-electron chi connectivity index (χ1n) is 7.03. The molecule has 120 valence electrons. The molecular formula is C15H26ClN3O2. The number of hydrogen-bond acceptors (Lipinski definition) is 4. The predicted molar refractivity (Wildman–Crippen MR) is 88.8 cm³/mol. The second-order valence-electron chi connectivity index (χ2n) is 4.69. The average molecular weight is 316 g/mol. The molecule has 0 aliphatic heterocycles. The topological polar surface area (TPSA) is 76.4 Å². The van der Waals surface area contributed by atoms with E-state index < -0.39 is 6.04 Å². The molecule has 1 amide bonds. The summed E-state index contributed by atoms with van der Waals surface area (Å²) in [7, 11) is 1.67. The second kappa shape index (κ2) is 11.4. The minimum absolute atomic E-state index is 0. The van der Waals surface area contributed by atoms with Crippen LogP contribution in [0.25, 0.3) is 0 Å². The molecule has 0 fully saturated rings. The summed E-state index contributed by atoms with van der Waals surface area (Å²) in [4.78, 5) is 11.8. The van der Waals surface area contributed by atoms with Gasteiger partial charge < -0.3 is 21.1 Å². The van der Waals surface area contributed by atoms with Gasteiger partial charge in [-0.3, -0.25) is 4.79 Å². The van der Waals surface area contributed by atoms with Crippen LogP contribution in [0.2, 0.25) is 0 Å². The van der Waals surface area contributed by atoms with E-state index in [1.165, 1.54) is 0 Å². The van der Waals surface area contributed by atoms with Gasteiger partial charge in [0, 0.05) is 25.9 Å². The summed E-state index contributed by atoms with van der Waals surface area (Å²) >= 11 is 0. The van der Waals surface area contributed by atoms with Gasteiger partial charge in [0.15, 0.2) is 0 Å². The number of anilines is 1. The summed E-state index contributed by atoms with van der Waals surface area (Å²) in [5.41, 5.74) is 7.83. The van der Waals surface area contributed by atoms with Gasteiger partial charge in [-0.2, -0.15) is 0 Å². The van der Waals surface area contributed by atoms with E-state index in [0.717, 1.165) is 24.2 Å². The summed E-state index contributed by atoms with van der Waals surface area (Å²) < 4.78 is 5.01. The maximum atomic E-state index is 11.8. The molecule has 5 nitrogen and oxygen atoms in total. The molecule has 0 heterocycles. The third-order valence-corrected chi connectivity index (χ3v) is 3.03. The Bertz CT molecular complexity index is 416. The van der Waals surface area contributed by atoms with Crippen molar-refractivity contribution >= 4 is 24.0 Å². The quantitative estimate of drug-likeness (QED) is 0.608. The first kappa shape index (κ1) is 19.7. The number of para-hydroxylation sites is 1. The van der Waals surface area contributed by atoms with E-state index >= 15 is 0 Å². The molecule has 0 radical (unpaired) electrons. The highest BCUT2D eigenvalue weighted by Crippen LogP contribution is 2.14. The zero-order chi connectivity index (χ0) is 14.8. The Kier molecular flexibility index (Phi) is 10.7. The summed E-state index contributed by atoms with van der Waals surface area (Å²) in [5, 5.41) is 6.16. The van der Waals surface area contributed by atoms with Gasteiger partial charge in [0.2, 0.25) is 5.91 Å². The van der Waals surface area contributed by atoms with E-state index in [1.54, 1.807) is 7.11 Å². The lowest BCUT2D eigenvalue weighted by molar-refractivity contribution is -0.122. The molecule has 1 aromatic carbocycles. The van der Waals surface area contributed by atoms with Gasteiger partial charge >= 0.3 is 0 Å². The Morgan fingerprint density at radius 1 is 1.38 bits per heavy atom. The predicted octanol–water partition coefficient (Wildman–Crippen LogP) is 1.91. The number of nitrogens with two attached hydrogens (primary N) is 1. The highest BCUT2D eigenvalue weighted by atomic mass is 35.5. The minimum atomic E-state index is -0.423. The number of carbonyl (C=O) groups is 1. The molecule has 0 saturated heterocycles. The van der Waals surface area contributed by atoms with E-state index in [9.17, 15) is 4.79 Å². The normalized spacial score (nSPS) is 11.4. The van der Waals surface area contributed by atoms with E-state index in [-0.39, 0.29) is 18.3 Å². The number of hydrogen-bond donors (Lipinski definition) is 3. The third kappa shape index (κ3) is 7.32. The summed E-state index contributed by atoms with van der Waals surface area (Å²) in [6.07, 6.45) is 1.61. The molecule has 0 saturated carbocycles. The van der Waals surface area contributed by atoms with Crippen molar-refractivity contribution in [3.63, 3.8) is 0 Å². The lowest BCUT2D eigenvalue weighted by Gasteiger charge is -2.14. The average Bonchev–Trinajstić information content (AvgIpc) is 2.46. The number of carbonyl (C=O) groups excluding carboxylic acids is 1. The van der Waals surface area contributed by atoms with Crippen LogP contribution in [0.4, 0.5) is 5.69 Å². The van der Waals surface area contributed by atoms with Crippen molar-refractivity contribution in [1.29, 1.82) is 0 Å². The number of benzene rings is 1. The molecule has 6 heteroatoms. The van der Waals surface area contributed by atoms with Crippen LogP contribution in [0.1, 0.15) is 25.3 Å². The maximum Gasteiger partial charge on any atom is 0.237 e. The Hall–Kier alpha value is -1.30. The van der Waals surface area contributed by atoms with E-state index in [2.05, 4.69) is 10.6 Å². The monoisotopic (exact) mass is 315 g/mol. The largest absolute Gasteiger partial charge is 0.383 e. The summed E-state index contributed by atoms with van der Waals surface area (Å²) in [5.74, 6) is -0.0986. The van der Waals surface area contributed by atoms with Crippen LogP contribution >= 0.6 is 12.4 Å². The SMILES string of the molecule is CCCC(N)C(=O)NCc1ccccc1NCCOC.Cl. The van der Waals surface area contributed by atoms with Crippen LogP contribution in [0.3, 0.4) is 0 Å². The van der Waals surface area contributed by atoms with Crippen LogP contribution < -0.4 is 16.4 Å². The maximum absolute atomic E-state index is 11.8. The van der Waals surface area contributed by atoms with Crippen molar-refractivity contribution < 1.29 is 9.53 Å². The number of nitrogens with one attached hydrogen (secondary N) is 2. The highest BCUT2D eigenvalue weighted by molar-refractivity contribution is 5.85. The molecule has 0 aliphatic rings. The first-order chi connectivity index (χ1) is 9.69. The Labute approximate surface area is 133 Å². The molecule has 1 atom stereocenters. The fourth-order valence-corrected chi connectivity index (χ4v) is 1.89. The van der Waals surface area contributed by atoms with Gasteiger partial charge in [-0.05, 0) is 18.1 Å². The van der Waals surface area contributed by atoms with Gasteiger partial charge in [-0.1, -0.05) is 31.5 Å². The number of ether oxygens (including phenoxy) is 1. The van der Waals surface area contributed by atoms with Gasteiger partial charge in [0.1, 0.15) is 0 Å². The van der Waals surface area contributed by atoms with Crippen LogP contribution in [-0.2, 0) is 16.1 Å². The minimum Gasteiger partial charge on any atom is -0.383 e. The van der Waals surface area contributed by atoms with Crippen LogP contribution in [0.15, 0.2) is 24.3 Å². The molecule has 4 N–H and O–H groups in total. The highest BCUT2D eigenvalue weighted by Gasteiger charge is 2.12. The fraction of sp³-hybridized carbons (Fsp3) is 0.533. The van der Waals surface area contributed by atoms with Gasteiger partial charge in [-0.25, -0.2) is 0 Å². The molecule has 21 heavy (non-hydrogen) atoms. The van der Waals surface area contributed by atoms with E-state index in [1.807, 2.05) is 31.2 Å².